The lowest BCUT2D eigenvalue weighted by Crippen LogP contribution is -2.20. The first kappa shape index (κ1) is 18.3. The van der Waals surface area contributed by atoms with Gasteiger partial charge in [0.1, 0.15) is 5.75 Å². The van der Waals surface area contributed by atoms with Gasteiger partial charge in [0.15, 0.2) is 6.61 Å². The van der Waals surface area contributed by atoms with Gasteiger partial charge in [-0.15, -0.1) is 0 Å². The van der Waals surface area contributed by atoms with Gasteiger partial charge < -0.3 is 10.1 Å². The van der Waals surface area contributed by atoms with Crippen LogP contribution in [0.25, 0.3) is 0 Å². The van der Waals surface area contributed by atoms with Crippen LogP contribution in [0.15, 0.2) is 47.4 Å². The molecular formula is C18H17F2NO4S. The van der Waals surface area contributed by atoms with Gasteiger partial charge in [0.25, 0.3) is 5.91 Å². The number of halogens is 2. The second kappa shape index (κ2) is 7.41. The molecular weight excluding hydrogens is 364 g/mol. The number of aryl methyl sites for hydroxylation is 2. The van der Waals surface area contributed by atoms with Gasteiger partial charge in [0, 0.05) is 5.69 Å². The number of carbonyl (C=O) groups excluding carboxylic acids is 1. The van der Waals surface area contributed by atoms with E-state index in [0.29, 0.717) is 11.4 Å². The molecule has 0 saturated carbocycles. The predicted molar refractivity (Wildman–Crippen MR) is 92.2 cm³/mol. The number of rotatable bonds is 6. The second-order valence-electron chi connectivity index (χ2n) is 5.95. The summed E-state index contributed by atoms with van der Waals surface area (Å²) >= 11 is 0. The van der Waals surface area contributed by atoms with Gasteiger partial charge in [-0.2, -0.15) is 8.78 Å². The summed E-state index contributed by atoms with van der Waals surface area (Å²) in [5.41, 5.74) is 2.83. The summed E-state index contributed by atoms with van der Waals surface area (Å²) in [6, 6.07) is 10.3. The van der Waals surface area contributed by atoms with Crippen molar-refractivity contribution in [2.24, 2.45) is 0 Å². The van der Waals surface area contributed by atoms with Crippen molar-refractivity contribution in [3.8, 4) is 5.75 Å². The summed E-state index contributed by atoms with van der Waals surface area (Å²) in [6.07, 6.45) is 3.19. The average molecular weight is 381 g/mol. The highest BCUT2D eigenvalue weighted by atomic mass is 32.2. The summed E-state index contributed by atoms with van der Waals surface area (Å²) in [5.74, 6) is -3.31. The molecule has 0 bridgehead atoms. The third kappa shape index (κ3) is 4.01. The van der Waals surface area contributed by atoms with Gasteiger partial charge in [0.05, 0.1) is 4.90 Å². The Hall–Kier alpha value is -2.48. The number of anilines is 1. The molecule has 2 aromatic carbocycles. The lowest BCUT2D eigenvalue weighted by Gasteiger charge is -2.09. The summed E-state index contributed by atoms with van der Waals surface area (Å²) in [6.45, 7) is -0.212. The van der Waals surface area contributed by atoms with E-state index in [1.54, 1.807) is 0 Å². The number of hydrogen-bond donors (Lipinski definition) is 1. The van der Waals surface area contributed by atoms with Crippen LogP contribution < -0.4 is 10.1 Å². The molecule has 3 rings (SSSR count). The van der Waals surface area contributed by atoms with Crippen LogP contribution in [-0.4, -0.2) is 26.7 Å². The van der Waals surface area contributed by atoms with E-state index in [9.17, 15) is 22.0 Å². The van der Waals surface area contributed by atoms with Crippen molar-refractivity contribution in [3.05, 3.63) is 53.6 Å². The van der Waals surface area contributed by atoms with Crippen molar-refractivity contribution in [2.75, 3.05) is 11.9 Å². The topological polar surface area (TPSA) is 72.5 Å². The number of sulfone groups is 1. The van der Waals surface area contributed by atoms with Crippen molar-refractivity contribution < 1.29 is 26.7 Å². The van der Waals surface area contributed by atoms with Crippen molar-refractivity contribution in [1.82, 2.24) is 0 Å². The SMILES string of the molecule is O=C(COc1ccc2c(c1)CCC2)Nc1ccc(S(=O)(=O)C(F)F)cc1. The Morgan fingerprint density at radius 2 is 1.77 bits per heavy atom. The molecule has 0 unspecified atom stereocenters. The molecule has 0 radical (unpaired) electrons. The average Bonchev–Trinajstić information content (AvgIpc) is 3.08. The number of ether oxygens (including phenoxy) is 1. The molecule has 1 aliphatic rings. The van der Waals surface area contributed by atoms with E-state index in [1.807, 2.05) is 18.2 Å². The van der Waals surface area contributed by atoms with Crippen LogP contribution in [0.1, 0.15) is 17.5 Å². The number of fused-ring (bicyclic) bond motifs is 1. The van der Waals surface area contributed by atoms with Crippen LogP contribution in [-0.2, 0) is 27.5 Å². The third-order valence-electron chi connectivity index (χ3n) is 4.14. The second-order valence-corrected chi connectivity index (χ2v) is 7.87. The van der Waals surface area contributed by atoms with E-state index in [0.717, 1.165) is 31.4 Å². The summed E-state index contributed by atoms with van der Waals surface area (Å²) in [5, 5.41) is 2.53. The van der Waals surface area contributed by atoms with E-state index >= 15 is 0 Å². The van der Waals surface area contributed by atoms with Crippen LogP contribution in [0.3, 0.4) is 0 Å². The minimum absolute atomic E-state index is 0.212. The van der Waals surface area contributed by atoms with Crippen LogP contribution in [0.4, 0.5) is 14.5 Å². The maximum atomic E-state index is 12.5. The summed E-state index contributed by atoms with van der Waals surface area (Å²) in [4.78, 5) is 11.4. The quantitative estimate of drug-likeness (QED) is 0.834. The largest absolute Gasteiger partial charge is 0.484 e. The standard InChI is InChI=1S/C18H17F2NO4S/c19-18(20)26(23,24)16-8-5-14(6-9-16)21-17(22)11-25-15-7-4-12-2-1-3-13(12)10-15/h4-10,18H,1-3,11H2,(H,21,22). The molecule has 1 N–H and O–H groups in total. The molecule has 0 spiro atoms. The predicted octanol–water partition coefficient (Wildman–Crippen LogP) is 3.19. The van der Waals surface area contributed by atoms with Gasteiger partial charge in [-0.25, -0.2) is 8.42 Å². The molecule has 0 aliphatic heterocycles. The fraction of sp³-hybridized carbons (Fsp3) is 0.278. The molecule has 0 saturated heterocycles. The Balaban J connectivity index is 1.57. The number of nitrogens with one attached hydrogen (secondary N) is 1. The van der Waals surface area contributed by atoms with Gasteiger partial charge in [0.2, 0.25) is 9.84 Å². The minimum Gasteiger partial charge on any atom is -0.484 e. The van der Waals surface area contributed by atoms with Crippen molar-refractivity contribution in [3.63, 3.8) is 0 Å². The highest BCUT2D eigenvalue weighted by Gasteiger charge is 2.26. The maximum absolute atomic E-state index is 12.5. The first-order chi connectivity index (χ1) is 12.4. The first-order valence-corrected chi connectivity index (χ1v) is 9.57. The summed E-state index contributed by atoms with van der Waals surface area (Å²) < 4.78 is 53.1. The van der Waals surface area contributed by atoms with Crippen molar-refractivity contribution >= 4 is 21.4 Å². The van der Waals surface area contributed by atoms with E-state index in [1.165, 1.54) is 23.3 Å². The Kier molecular flexibility index (Phi) is 5.22. The summed E-state index contributed by atoms with van der Waals surface area (Å²) in [7, 11) is -4.64. The van der Waals surface area contributed by atoms with Crippen LogP contribution in [0, 0.1) is 0 Å². The van der Waals surface area contributed by atoms with Gasteiger partial charge in [-0.05, 0) is 66.8 Å². The fourth-order valence-corrected chi connectivity index (χ4v) is 3.54. The van der Waals surface area contributed by atoms with Gasteiger partial charge in [-0.1, -0.05) is 6.07 Å². The molecule has 138 valence electrons. The molecule has 1 aliphatic carbocycles. The van der Waals surface area contributed by atoms with Gasteiger partial charge >= 0.3 is 5.76 Å². The zero-order valence-electron chi connectivity index (χ0n) is 13.7. The number of carbonyl (C=O) groups is 1. The monoisotopic (exact) mass is 381 g/mol. The number of amides is 1. The smallest absolute Gasteiger partial charge is 0.341 e. The fourth-order valence-electron chi connectivity index (χ4n) is 2.81. The van der Waals surface area contributed by atoms with E-state index in [4.69, 9.17) is 4.74 Å². The highest BCUT2D eigenvalue weighted by Crippen LogP contribution is 2.26. The van der Waals surface area contributed by atoms with Crippen molar-refractivity contribution in [1.29, 1.82) is 0 Å². The number of hydrogen-bond acceptors (Lipinski definition) is 4. The molecule has 1 amide bonds. The van der Waals surface area contributed by atoms with E-state index < -0.39 is 26.4 Å². The van der Waals surface area contributed by atoms with Crippen LogP contribution in [0.5, 0.6) is 5.75 Å². The number of alkyl halides is 2. The minimum atomic E-state index is -4.64. The first-order valence-electron chi connectivity index (χ1n) is 8.03. The molecule has 5 nitrogen and oxygen atoms in total. The molecule has 0 fully saturated rings. The Labute approximate surface area is 149 Å². The van der Waals surface area contributed by atoms with Crippen LogP contribution >= 0.6 is 0 Å². The zero-order chi connectivity index (χ0) is 18.7. The zero-order valence-corrected chi connectivity index (χ0v) is 14.6. The molecule has 8 heteroatoms. The molecule has 0 atom stereocenters. The van der Waals surface area contributed by atoms with Crippen LogP contribution in [0.2, 0.25) is 0 Å². The van der Waals surface area contributed by atoms with Gasteiger partial charge in [-0.3, -0.25) is 4.79 Å². The Morgan fingerprint density at radius 1 is 1.08 bits per heavy atom. The molecule has 26 heavy (non-hydrogen) atoms. The Bertz CT molecular complexity index is 911. The third-order valence-corrected chi connectivity index (χ3v) is 5.54. The lowest BCUT2D eigenvalue weighted by atomic mass is 10.1. The number of benzene rings is 2. The molecule has 0 aromatic heterocycles. The van der Waals surface area contributed by atoms with Crippen molar-refractivity contribution in [2.45, 2.75) is 29.9 Å². The Morgan fingerprint density at radius 3 is 2.46 bits per heavy atom. The lowest BCUT2D eigenvalue weighted by molar-refractivity contribution is -0.118. The normalized spacial score (nSPS) is 13.5. The maximum Gasteiger partial charge on any atom is 0.341 e. The van der Waals surface area contributed by atoms with E-state index in [2.05, 4.69) is 5.32 Å². The molecule has 2 aromatic rings. The highest BCUT2D eigenvalue weighted by molar-refractivity contribution is 7.91. The van der Waals surface area contributed by atoms with E-state index in [-0.39, 0.29) is 6.61 Å². The molecule has 0 heterocycles.